The summed E-state index contributed by atoms with van der Waals surface area (Å²) in [4.78, 5) is 15.1. The van der Waals surface area contributed by atoms with Gasteiger partial charge in [-0.05, 0) is 55.3 Å². The normalized spacial score (nSPS) is 17.6. The Hall–Kier alpha value is -3.47. The number of para-hydroxylation sites is 2. The van der Waals surface area contributed by atoms with Gasteiger partial charge < -0.3 is 19.7 Å². The van der Waals surface area contributed by atoms with Crippen molar-refractivity contribution in [3.8, 4) is 11.5 Å². The Morgan fingerprint density at radius 3 is 2.06 bits per heavy atom. The SMILES string of the molecule is CCN1C(=O)c2ccccc2NC1(CC)c1ccc(OCCOc2ccccc2)cc1. The maximum atomic E-state index is 13.2. The summed E-state index contributed by atoms with van der Waals surface area (Å²) in [5.41, 5.74) is 2.03. The fraction of sp³-hybridized carbons (Fsp3) is 0.269. The van der Waals surface area contributed by atoms with Crippen LogP contribution in [0.2, 0.25) is 0 Å². The number of ether oxygens (including phenoxy) is 2. The zero-order chi connectivity index (χ0) is 21.7. The van der Waals surface area contributed by atoms with Gasteiger partial charge in [0.2, 0.25) is 0 Å². The zero-order valence-electron chi connectivity index (χ0n) is 18.0. The van der Waals surface area contributed by atoms with Crippen LogP contribution in [0.15, 0.2) is 78.9 Å². The minimum atomic E-state index is -0.588. The van der Waals surface area contributed by atoms with E-state index >= 15 is 0 Å². The number of anilines is 1. The minimum absolute atomic E-state index is 0.0529. The molecule has 1 unspecified atom stereocenters. The number of amides is 1. The van der Waals surface area contributed by atoms with E-state index in [2.05, 4.69) is 12.2 Å². The molecule has 0 bridgehead atoms. The van der Waals surface area contributed by atoms with Crippen LogP contribution < -0.4 is 14.8 Å². The molecule has 0 saturated heterocycles. The third kappa shape index (κ3) is 4.08. The summed E-state index contributed by atoms with van der Waals surface area (Å²) in [6.07, 6.45) is 0.742. The van der Waals surface area contributed by atoms with Gasteiger partial charge in [0, 0.05) is 12.2 Å². The van der Waals surface area contributed by atoms with Gasteiger partial charge in [-0.2, -0.15) is 0 Å². The summed E-state index contributed by atoms with van der Waals surface area (Å²) >= 11 is 0. The molecule has 160 valence electrons. The van der Waals surface area contributed by atoms with Crippen LogP contribution in [0.4, 0.5) is 5.69 Å². The Morgan fingerprint density at radius 1 is 0.806 bits per heavy atom. The number of nitrogens with zero attached hydrogens (tertiary/aromatic N) is 1. The molecule has 0 aromatic heterocycles. The lowest BCUT2D eigenvalue weighted by Gasteiger charge is -2.48. The van der Waals surface area contributed by atoms with Gasteiger partial charge in [0.25, 0.3) is 5.91 Å². The van der Waals surface area contributed by atoms with Gasteiger partial charge >= 0.3 is 0 Å². The summed E-state index contributed by atoms with van der Waals surface area (Å²) in [7, 11) is 0. The van der Waals surface area contributed by atoms with Crippen LogP contribution in [0.1, 0.15) is 36.2 Å². The molecule has 1 aliphatic rings. The highest BCUT2D eigenvalue weighted by molar-refractivity contribution is 6.02. The van der Waals surface area contributed by atoms with E-state index in [1.165, 1.54) is 0 Å². The van der Waals surface area contributed by atoms with Crippen molar-refractivity contribution in [1.29, 1.82) is 0 Å². The number of nitrogens with one attached hydrogen (secondary N) is 1. The predicted octanol–water partition coefficient (Wildman–Crippen LogP) is 5.30. The molecule has 0 spiro atoms. The molecular formula is C26H28N2O3. The molecule has 5 heteroatoms. The van der Waals surface area contributed by atoms with E-state index in [0.29, 0.717) is 25.3 Å². The minimum Gasteiger partial charge on any atom is -0.490 e. The van der Waals surface area contributed by atoms with E-state index in [1.807, 2.05) is 90.7 Å². The van der Waals surface area contributed by atoms with Crippen LogP contribution in [-0.2, 0) is 5.66 Å². The third-order valence-electron chi connectivity index (χ3n) is 5.73. The molecule has 0 fully saturated rings. The Balaban J connectivity index is 1.48. The molecule has 1 amide bonds. The second kappa shape index (κ2) is 9.13. The summed E-state index contributed by atoms with van der Waals surface area (Å²) in [5.74, 6) is 1.66. The van der Waals surface area contributed by atoms with Crippen LogP contribution in [0.5, 0.6) is 11.5 Å². The van der Waals surface area contributed by atoms with Crippen molar-refractivity contribution in [2.75, 3.05) is 25.1 Å². The van der Waals surface area contributed by atoms with Crippen molar-refractivity contribution < 1.29 is 14.3 Å². The lowest BCUT2D eigenvalue weighted by molar-refractivity contribution is 0.0503. The Labute approximate surface area is 183 Å². The van der Waals surface area contributed by atoms with Gasteiger partial charge in [-0.1, -0.05) is 49.4 Å². The number of rotatable bonds is 8. The lowest BCUT2D eigenvalue weighted by Crippen LogP contribution is -2.57. The molecule has 3 aromatic rings. The predicted molar refractivity (Wildman–Crippen MR) is 123 cm³/mol. The Kier molecular flexibility index (Phi) is 6.12. The van der Waals surface area contributed by atoms with Crippen molar-refractivity contribution in [1.82, 2.24) is 4.90 Å². The van der Waals surface area contributed by atoms with Gasteiger partial charge in [0.05, 0.1) is 5.56 Å². The number of fused-ring (bicyclic) bond motifs is 1. The monoisotopic (exact) mass is 416 g/mol. The van der Waals surface area contributed by atoms with Crippen molar-refractivity contribution in [2.24, 2.45) is 0 Å². The fourth-order valence-electron chi connectivity index (χ4n) is 4.18. The second-order valence-electron chi connectivity index (χ2n) is 7.47. The van der Waals surface area contributed by atoms with Gasteiger partial charge in [-0.3, -0.25) is 4.79 Å². The number of carbonyl (C=O) groups is 1. The fourth-order valence-corrected chi connectivity index (χ4v) is 4.18. The Bertz CT molecular complexity index is 1020. The van der Waals surface area contributed by atoms with E-state index < -0.39 is 5.66 Å². The number of hydrogen-bond donors (Lipinski definition) is 1. The average Bonchev–Trinajstić information content (AvgIpc) is 2.83. The van der Waals surface area contributed by atoms with E-state index in [4.69, 9.17) is 9.47 Å². The molecule has 0 saturated carbocycles. The molecule has 0 aliphatic carbocycles. The highest BCUT2D eigenvalue weighted by Gasteiger charge is 2.43. The number of hydrogen-bond acceptors (Lipinski definition) is 4. The highest BCUT2D eigenvalue weighted by atomic mass is 16.5. The van der Waals surface area contributed by atoms with Gasteiger partial charge in [-0.25, -0.2) is 0 Å². The van der Waals surface area contributed by atoms with Crippen LogP contribution in [-0.4, -0.2) is 30.6 Å². The molecule has 1 atom stereocenters. The van der Waals surface area contributed by atoms with Gasteiger partial charge in [0.1, 0.15) is 30.4 Å². The molecule has 0 radical (unpaired) electrons. The summed E-state index contributed by atoms with van der Waals surface area (Å²) in [6.45, 7) is 5.66. The van der Waals surface area contributed by atoms with Crippen LogP contribution in [0, 0.1) is 0 Å². The first-order valence-corrected chi connectivity index (χ1v) is 10.8. The Morgan fingerprint density at radius 2 is 1.42 bits per heavy atom. The highest BCUT2D eigenvalue weighted by Crippen LogP contribution is 2.40. The second-order valence-corrected chi connectivity index (χ2v) is 7.47. The maximum Gasteiger partial charge on any atom is 0.258 e. The van der Waals surface area contributed by atoms with Crippen molar-refractivity contribution in [2.45, 2.75) is 25.9 Å². The van der Waals surface area contributed by atoms with E-state index in [-0.39, 0.29) is 5.91 Å². The van der Waals surface area contributed by atoms with E-state index in [9.17, 15) is 4.79 Å². The van der Waals surface area contributed by atoms with E-state index in [1.54, 1.807) is 0 Å². The van der Waals surface area contributed by atoms with Crippen molar-refractivity contribution in [3.63, 3.8) is 0 Å². The number of carbonyl (C=O) groups excluding carboxylic acids is 1. The van der Waals surface area contributed by atoms with Crippen LogP contribution in [0.3, 0.4) is 0 Å². The number of benzene rings is 3. The largest absolute Gasteiger partial charge is 0.490 e. The van der Waals surface area contributed by atoms with E-state index in [0.717, 1.165) is 29.2 Å². The summed E-state index contributed by atoms with van der Waals surface area (Å²) in [5, 5.41) is 3.64. The molecule has 1 N–H and O–H groups in total. The molecular weight excluding hydrogens is 388 g/mol. The summed E-state index contributed by atoms with van der Waals surface area (Å²) < 4.78 is 11.5. The standard InChI is InChI=1S/C26H28N2O3/c1-3-26(27-24-13-9-8-12-23(24)25(29)28(26)4-2)20-14-16-22(17-15-20)31-19-18-30-21-10-6-5-7-11-21/h5-17,27H,3-4,18-19H2,1-2H3. The lowest BCUT2D eigenvalue weighted by atomic mass is 9.89. The first-order valence-electron chi connectivity index (χ1n) is 10.8. The third-order valence-corrected chi connectivity index (χ3v) is 5.73. The smallest absolute Gasteiger partial charge is 0.258 e. The molecule has 1 aliphatic heterocycles. The van der Waals surface area contributed by atoms with Crippen molar-refractivity contribution in [3.05, 3.63) is 90.0 Å². The van der Waals surface area contributed by atoms with Crippen molar-refractivity contribution >= 4 is 11.6 Å². The maximum absolute atomic E-state index is 13.2. The zero-order valence-corrected chi connectivity index (χ0v) is 18.0. The molecule has 1 heterocycles. The molecule has 3 aromatic carbocycles. The quantitative estimate of drug-likeness (QED) is 0.507. The first kappa shape index (κ1) is 20.8. The molecule has 5 nitrogen and oxygen atoms in total. The molecule has 4 rings (SSSR count). The molecule has 31 heavy (non-hydrogen) atoms. The summed E-state index contributed by atoms with van der Waals surface area (Å²) in [6, 6.07) is 25.4. The van der Waals surface area contributed by atoms with Gasteiger partial charge in [0.15, 0.2) is 0 Å². The first-order chi connectivity index (χ1) is 15.2. The van der Waals surface area contributed by atoms with Crippen LogP contribution >= 0.6 is 0 Å². The topological polar surface area (TPSA) is 50.8 Å². The average molecular weight is 417 g/mol. The van der Waals surface area contributed by atoms with Crippen LogP contribution in [0.25, 0.3) is 0 Å². The van der Waals surface area contributed by atoms with Gasteiger partial charge in [-0.15, -0.1) is 0 Å².